The maximum absolute atomic E-state index is 4.98. The molecule has 3 rings (SSSR count). The first-order valence-electron chi connectivity index (χ1n) is 10.1. The molecule has 146 valence electrons. The Hall–Kier alpha value is -2.68. The zero-order chi connectivity index (χ0) is 20.4. The third-order valence-electron chi connectivity index (χ3n) is 5.95. The molecule has 0 aromatic heterocycles. The van der Waals surface area contributed by atoms with Crippen LogP contribution in [0.15, 0.2) is 46.0 Å². The van der Waals surface area contributed by atoms with Gasteiger partial charge in [-0.15, -0.1) is 0 Å². The van der Waals surface area contributed by atoms with Crippen molar-refractivity contribution in [1.29, 1.82) is 0 Å². The molecule has 0 atom stereocenters. The molecule has 1 N–H and O–H groups in total. The predicted molar refractivity (Wildman–Crippen MR) is 122 cm³/mol. The van der Waals surface area contributed by atoms with Gasteiger partial charge in [0.15, 0.2) is 0 Å². The number of nitrogens with zero attached hydrogens (tertiary/aromatic N) is 2. The van der Waals surface area contributed by atoms with Gasteiger partial charge < -0.3 is 5.32 Å². The van der Waals surface area contributed by atoms with Crippen LogP contribution in [0.5, 0.6) is 0 Å². The van der Waals surface area contributed by atoms with Crippen molar-refractivity contribution in [2.24, 2.45) is 9.98 Å². The van der Waals surface area contributed by atoms with Gasteiger partial charge in [0.2, 0.25) is 0 Å². The minimum Gasteiger partial charge on any atom is -0.347 e. The fourth-order valence-corrected chi connectivity index (χ4v) is 3.44. The van der Waals surface area contributed by atoms with E-state index in [1.54, 1.807) is 0 Å². The van der Waals surface area contributed by atoms with Crippen LogP contribution in [0.3, 0.4) is 0 Å². The molecule has 1 heterocycles. The molecule has 0 bridgehead atoms. The van der Waals surface area contributed by atoms with E-state index in [0.29, 0.717) is 6.42 Å². The Bertz CT molecular complexity index is 1010. The highest BCUT2D eigenvalue weighted by Crippen LogP contribution is 2.27. The summed E-state index contributed by atoms with van der Waals surface area (Å²) in [6, 6.07) is 8.53. The average molecular weight is 374 g/mol. The summed E-state index contributed by atoms with van der Waals surface area (Å²) in [5.74, 6) is 0.964. The molecule has 2 aromatic carbocycles. The van der Waals surface area contributed by atoms with E-state index in [2.05, 4.69) is 84.1 Å². The Labute approximate surface area is 169 Å². The topological polar surface area (TPSA) is 36.8 Å². The van der Waals surface area contributed by atoms with Gasteiger partial charge in [-0.1, -0.05) is 19.1 Å². The predicted octanol–water partition coefficient (Wildman–Crippen LogP) is 6.63. The van der Waals surface area contributed by atoms with Crippen molar-refractivity contribution in [2.45, 2.75) is 61.3 Å². The molecule has 1 aliphatic heterocycles. The highest BCUT2D eigenvalue weighted by molar-refractivity contribution is 6.13. The first-order chi connectivity index (χ1) is 13.3. The Morgan fingerprint density at radius 2 is 1.29 bits per heavy atom. The SMILES string of the molecule is CCC1=CC(=Nc2ccc(C)c(C)c2C)CC(=Nc2ccc(C)c(C)c2C)N1. The second-order valence-electron chi connectivity index (χ2n) is 7.79. The quantitative estimate of drug-likeness (QED) is 0.644. The van der Waals surface area contributed by atoms with Crippen molar-refractivity contribution >= 4 is 22.9 Å². The number of benzene rings is 2. The van der Waals surface area contributed by atoms with Crippen molar-refractivity contribution < 1.29 is 0 Å². The molecule has 0 radical (unpaired) electrons. The molecule has 0 saturated carbocycles. The minimum absolute atomic E-state index is 0.711. The van der Waals surface area contributed by atoms with Gasteiger partial charge in [-0.2, -0.15) is 0 Å². The number of rotatable bonds is 3. The van der Waals surface area contributed by atoms with Crippen molar-refractivity contribution in [3.63, 3.8) is 0 Å². The van der Waals surface area contributed by atoms with Crippen LogP contribution in [0.4, 0.5) is 11.4 Å². The van der Waals surface area contributed by atoms with E-state index in [1.165, 1.54) is 33.4 Å². The third-order valence-corrected chi connectivity index (χ3v) is 5.95. The summed E-state index contributed by atoms with van der Waals surface area (Å²) >= 11 is 0. The lowest BCUT2D eigenvalue weighted by atomic mass is 10.0. The third kappa shape index (κ3) is 4.09. The van der Waals surface area contributed by atoms with Crippen molar-refractivity contribution in [2.75, 3.05) is 0 Å². The second kappa shape index (κ2) is 8.14. The maximum atomic E-state index is 4.98. The van der Waals surface area contributed by atoms with Gasteiger partial charge in [-0.25, -0.2) is 4.99 Å². The first kappa shape index (κ1) is 20.1. The largest absolute Gasteiger partial charge is 0.347 e. The first-order valence-corrected chi connectivity index (χ1v) is 10.1. The fraction of sp³-hybridized carbons (Fsp3) is 0.360. The Kier molecular flexibility index (Phi) is 5.83. The lowest BCUT2D eigenvalue weighted by Crippen LogP contribution is -2.30. The lowest BCUT2D eigenvalue weighted by molar-refractivity contribution is 0.955. The lowest BCUT2D eigenvalue weighted by Gasteiger charge is -2.20. The monoisotopic (exact) mass is 373 g/mol. The number of aliphatic imine (C=N–C) groups is 2. The van der Waals surface area contributed by atoms with Crippen LogP contribution in [-0.4, -0.2) is 11.5 Å². The molecule has 0 aliphatic carbocycles. The maximum Gasteiger partial charge on any atom is 0.112 e. The van der Waals surface area contributed by atoms with E-state index in [0.717, 1.165) is 35.0 Å². The van der Waals surface area contributed by atoms with E-state index in [1.807, 2.05) is 0 Å². The van der Waals surface area contributed by atoms with Gasteiger partial charge in [0.05, 0.1) is 17.1 Å². The van der Waals surface area contributed by atoms with Gasteiger partial charge in [-0.3, -0.25) is 4.99 Å². The number of hydrogen-bond acceptors (Lipinski definition) is 2. The summed E-state index contributed by atoms with van der Waals surface area (Å²) in [6.45, 7) is 15.1. The van der Waals surface area contributed by atoms with Crippen LogP contribution in [0.1, 0.15) is 53.1 Å². The number of hydrogen-bond donors (Lipinski definition) is 1. The molecule has 0 fully saturated rings. The number of aryl methyl sites for hydroxylation is 2. The van der Waals surface area contributed by atoms with E-state index in [4.69, 9.17) is 9.98 Å². The zero-order valence-corrected chi connectivity index (χ0v) is 18.2. The van der Waals surface area contributed by atoms with Crippen LogP contribution in [-0.2, 0) is 0 Å². The van der Waals surface area contributed by atoms with Crippen LogP contribution in [0.2, 0.25) is 0 Å². The summed E-state index contributed by atoms with van der Waals surface area (Å²) in [4.78, 5) is 9.93. The van der Waals surface area contributed by atoms with Gasteiger partial charge >= 0.3 is 0 Å². The van der Waals surface area contributed by atoms with Crippen LogP contribution < -0.4 is 5.32 Å². The molecule has 0 unspecified atom stereocenters. The smallest absolute Gasteiger partial charge is 0.112 e. The fourth-order valence-electron chi connectivity index (χ4n) is 3.44. The summed E-state index contributed by atoms with van der Waals surface area (Å²) in [5.41, 5.74) is 12.0. The van der Waals surface area contributed by atoms with E-state index in [9.17, 15) is 0 Å². The zero-order valence-electron chi connectivity index (χ0n) is 18.2. The molecule has 3 nitrogen and oxygen atoms in total. The summed E-state index contributed by atoms with van der Waals surface area (Å²) in [7, 11) is 0. The Morgan fingerprint density at radius 1 is 0.750 bits per heavy atom. The summed E-state index contributed by atoms with van der Waals surface area (Å²) in [6.07, 6.45) is 3.80. The van der Waals surface area contributed by atoms with Gasteiger partial charge in [0.25, 0.3) is 0 Å². The second-order valence-corrected chi connectivity index (χ2v) is 7.79. The van der Waals surface area contributed by atoms with Crippen LogP contribution >= 0.6 is 0 Å². The molecular formula is C25H31N3. The number of nitrogens with one attached hydrogen (secondary N) is 1. The van der Waals surface area contributed by atoms with Gasteiger partial charge in [0.1, 0.15) is 5.84 Å². The summed E-state index contributed by atoms with van der Waals surface area (Å²) < 4.78 is 0. The molecule has 0 saturated heterocycles. The van der Waals surface area contributed by atoms with Crippen molar-refractivity contribution in [1.82, 2.24) is 5.32 Å². The van der Waals surface area contributed by atoms with E-state index < -0.39 is 0 Å². The molecule has 1 aliphatic rings. The summed E-state index contributed by atoms with van der Waals surface area (Å²) in [5, 5.41) is 3.49. The van der Waals surface area contributed by atoms with Gasteiger partial charge in [-0.05, 0) is 99.6 Å². The Morgan fingerprint density at radius 3 is 1.82 bits per heavy atom. The van der Waals surface area contributed by atoms with Crippen LogP contribution in [0.25, 0.3) is 0 Å². The van der Waals surface area contributed by atoms with Gasteiger partial charge in [0, 0.05) is 12.1 Å². The van der Waals surface area contributed by atoms with E-state index in [-0.39, 0.29) is 0 Å². The molecule has 3 heteroatoms. The van der Waals surface area contributed by atoms with Crippen LogP contribution in [0, 0.1) is 41.5 Å². The molecule has 28 heavy (non-hydrogen) atoms. The molecule has 0 amide bonds. The standard InChI is InChI=1S/C25H31N3/c1-8-21-13-22(26-23-11-9-15(2)17(4)19(23)6)14-25(27-21)28-24-12-10-16(3)18(5)20(24)7/h9-13H,8,14H2,1-7H3,(H,27,28). The average Bonchev–Trinajstić information content (AvgIpc) is 2.68. The normalized spacial score (nSPS) is 17.0. The number of amidine groups is 1. The molecule has 2 aromatic rings. The van der Waals surface area contributed by atoms with Crippen molar-refractivity contribution in [3.05, 3.63) is 69.4 Å². The number of allylic oxidation sites excluding steroid dienone is 2. The highest BCUT2D eigenvalue weighted by Gasteiger charge is 2.15. The van der Waals surface area contributed by atoms with E-state index >= 15 is 0 Å². The minimum atomic E-state index is 0.711. The molecular weight excluding hydrogens is 342 g/mol. The Balaban J connectivity index is 2.00. The highest BCUT2D eigenvalue weighted by atomic mass is 15.0. The molecule has 0 spiro atoms. The van der Waals surface area contributed by atoms with Crippen molar-refractivity contribution in [3.8, 4) is 0 Å².